The fraction of sp³-hybridized carbons (Fsp3) is 0.167. The molecule has 3 rings (SSSR count). The fourth-order valence-corrected chi connectivity index (χ4v) is 1.98. The Morgan fingerprint density at radius 2 is 2.06 bits per heavy atom. The smallest absolute Gasteiger partial charge is 0.183 e. The average Bonchev–Trinajstić information content (AvgIpc) is 2.82. The highest BCUT2D eigenvalue weighted by atomic mass is 16.3. The van der Waals surface area contributed by atoms with E-state index in [2.05, 4.69) is 5.10 Å². The molecule has 0 unspecified atom stereocenters. The second-order valence-electron chi connectivity index (χ2n) is 3.86. The first-order chi connectivity index (χ1) is 7.75. The lowest BCUT2D eigenvalue weighted by atomic mass is 10.3. The normalized spacial score (nSPS) is 14.1. The number of carbonyl (C=O) groups is 1. The van der Waals surface area contributed by atoms with E-state index in [-0.39, 0.29) is 11.5 Å². The Bertz CT molecular complexity index is 572. The van der Waals surface area contributed by atoms with Crippen molar-refractivity contribution >= 4 is 5.78 Å². The molecule has 4 heteroatoms. The van der Waals surface area contributed by atoms with Crippen molar-refractivity contribution in [1.82, 2.24) is 9.78 Å². The molecule has 0 atom stereocenters. The van der Waals surface area contributed by atoms with E-state index < -0.39 is 0 Å². The molecule has 0 spiro atoms. The van der Waals surface area contributed by atoms with Crippen molar-refractivity contribution in [3.8, 4) is 11.4 Å². The number of phenols is 1. The maximum absolute atomic E-state index is 11.5. The first-order valence-electron chi connectivity index (χ1n) is 5.16. The highest BCUT2D eigenvalue weighted by Crippen LogP contribution is 2.25. The molecule has 2 aromatic rings. The summed E-state index contributed by atoms with van der Waals surface area (Å²) in [6.07, 6.45) is 3.12. The molecule has 1 aromatic heterocycles. The van der Waals surface area contributed by atoms with Gasteiger partial charge in [-0.2, -0.15) is 5.10 Å². The van der Waals surface area contributed by atoms with Crippen molar-refractivity contribution in [2.45, 2.75) is 12.8 Å². The molecule has 0 fully saturated rings. The van der Waals surface area contributed by atoms with Crippen LogP contribution < -0.4 is 0 Å². The monoisotopic (exact) mass is 214 g/mol. The summed E-state index contributed by atoms with van der Waals surface area (Å²) in [5.41, 5.74) is 2.11. The highest BCUT2D eigenvalue weighted by molar-refractivity contribution is 5.98. The van der Waals surface area contributed by atoms with Crippen LogP contribution in [0.15, 0.2) is 30.5 Å². The van der Waals surface area contributed by atoms with Crippen molar-refractivity contribution in [3.63, 3.8) is 0 Å². The van der Waals surface area contributed by atoms with Crippen LogP contribution in [0.4, 0.5) is 0 Å². The summed E-state index contributed by atoms with van der Waals surface area (Å²) in [5.74, 6) is 0.250. The van der Waals surface area contributed by atoms with Crippen LogP contribution in [0.3, 0.4) is 0 Å². The number of hydrogen-bond acceptors (Lipinski definition) is 3. The van der Waals surface area contributed by atoms with Crippen molar-refractivity contribution < 1.29 is 9.90 Å². The van der Waals surface area contributed by atoms with E-state index in [1.54, 1.807) is 22.9 Å². The molecule has 0 radical (unpaired) electrons. The number of phenolic OH excluding ortho intramolecular Hbond substituents is 1. The molecule has 0 aliphatic heterocycles. The van der Waals surface area contributed by atoms with E-state index in [0.29, 0.717) is 17.8 Å². The Hall–Kier alpha value is -2.10. The number of aromatic hydroxyl groups is 1. The van der Waals surface area contributed by atoms with Crippen molar-refractivity contribution in [2.75, 3.05) is 0 Å². The molecule has 1 N–H and O–H groups in total. The Labute approximate surface area is 92.1 Å². The van der Waals surface area contributed by atoms with E-state index in [1.165, 1.54) is 0 Å². The van der Waals surface area contributed by atoms with Crippen molar-refractivity contribution in [2.24, 2.45) is 0 Å². The summed E-state index contributed by atoms with van der Waals surface area (Å²) in [5, 5.41) is 13.9. The van der Waals surface area contributed by atoms with Gasteiger partial charge in [0, 0.05) is 18.2 Å². The third-order valence-electron chi connectivity index (χ3n) is 2.80. The number of rotatable bonds is 1. The molecular weight excluding hydrogens is 204 g/mol. The van der Waals surface area contributed by atoms with Crippen LogP contribution in [-0.4, -0.2) is 20.7 Å². The fourth-order valence-electron chi connectivity index (χ4n) is 1.98. The minimum Gasteiger partial charge on any atom is -0.506 e. The van der Waals surface area contributed by atoms with E-state index in [1.807, 2.05) is 12.3 Å². The lowest BCUT2D eigenvalue weighted by Crippen LogP contribution is -2.00. The predicted molar refractivity (Wildman–Crippen MR) is 57.9 cm³/mol. The molecule has 16 heavy (non-hydrogen) atoms. The van der Waals surface area contributed by atoms with Crippen LogP contribution in [0.5, 0.6) is 5.75 Å². The van der Waals surface area contributed by atoms with Gasteiger partial charge in [0.1, 0.15) is 17.1 Å². The number of aromatic nitrogens is 2. The van der Waals surface area contributed by atoms with Gasteiger partial charge in [0.05, 0.1) is 0 Å². The van der Waals surface area contributed by atoms with Crippen molar-refractivity contribution in [1.29, 1.82) is 0 Å². The maximum Gasteiger partial charge on any atom is 0.183 e. The lowest BCUT2D eigenvalue weighted by molar-refractivity contribution is 0.0989. The molecule has 0 saturated carbocycles. The number of aryl methyl sites for hydroxylation is 1. The predicted octanol–water partition coefficient (Wildman–Crippen LogP) is 1.71. The Morgan fingerprint density at radius 3 is 2.81 bits per heavy atom. The quantitative estimate of drug-likeness (QED) is 0.786. The number of carbonyl (C=O) groups excluding carboxylic acids is 1. The van der Waals surface area contributed by atoms with Gasteiger partial charge in [-0.15, -0.1) is 0 Å². The van der Waals surface area contributed by atoms with Gasteiger partial charge in [-0.3, -0.25) is 4.79 Å². The standard InChI is InChI=1S/C12H10N2O2/c15-10-4-2-1-3-9(10)14-7-8-5-6-11(16)12(8)13-14/h1-4,7,15H,5-6H2. The minimum absolute atomic E-state index is 0.0872. The summed E-state index contributed by atoms with van der Waals surface area (Å²) in [7, 11) is 0. The van der Waals surface area contributed by atoms with Gasteiger partial charge in [-0.1, -0.05) is 12.1 Å². The summed E-state index contributed by atoms with van der Waals surface area (Å²) in [6, 6.07) is 6.94. The van der Waals surface area contributed by atoms with Gasteiger partial charge >= 0.3 is 0 Å². The summed E-state index contributed by atoms with van der Waals surface area (Å²) in [6.45, 7) is 0. The van der Waals surface area contributed by atoms with E-state index >= 15 is 0 Å². The van der Waals surface area contributed by atoms with E-state index in [4.69, 9.17) is 0 Å². The van der Waals surface area contributed by atoms with Gasteiger partial charge in [0.15, 0.2) is 5.78 Å². The third kappa shape index (κ3) is 1.23. The zero-order valence-electron chi connectivity index (χ0n) is 8.55. The molecule has 1 aromatic carbocycles. The molecule has 1 heterocycles. The minimum atomic E-state index is 0.0872. The Kier molecular flexibility index (Phi) is 1.83. The van der Waals surface area contributed by atoms with Crippen LogP contribution in [0, 0.1) is 0 Å². The summed E-state index contributed by atoms with van der Waals surface area (Å²) >= 11 is 0. The molecule has 0 amide bonds. The first kappa shape index (κ1) is 9.15. The second-order valence-corrected chi connectivity index (χ2v) is 3.86. The van der Waals surface area contributed by atoms with Gasteiger partial charge in [-0.05, 0) is 18.6 Å². The third-order valence-corrected chi connectivity index (χ3v) is 2.80. The molecule has 1 aliphatic carbocycles. The van der Waals surface area contributed by atoms with Crippen LogP contribution in [0.2, 0.25) is 0 Å². The Balaban J connectivity index is 2.12. The lowest BCUT2D eigenvalue weighted by Gasteiger charge is -2.03. The summed E-state index contributed by atoms with van der Waals surface area (Å²) in [4.78, 5) is 11.5. The number of Topliss-reactive ketones (excluding diaryl/α,β-unsaturated/α-hetero) is 1. The number of benzene rings is 1. The topological polar surface area (TPSA) is 55.1 Å². The van der Waals surface area contributed by atoms with Gasteiger partial charge in [0.2, 0.25) is 0 Å². The van der Waals surface area contributed by atoms with Crippen LogP contribution in [-0.2, 0) is 6.42 Å². The first-order valence-corrected chi connectivity index (χ1v) is 5.16. The number of para-hydroxylation sites is 2. The summed E-state index contributed by atoms with van der Waals surface area (Å²) < 4.78 is 1.57. The van der Waals surface area contributed by atoms with E-state index in [0.717, 1.165) is 12.0 Å². The number of ketones is 1. The van der Waals surface area contributed by atoms with Crippen LogP contribution in [0.25, 0.3) is 5.69 Å². The zero-order valence-corrected chi connectivity index (χ0v) is 8.55. The molecule has 4 nitrogen and oxygen atoms in total. The highest BCUT2D eigenvalue weighted by Gasteiger charge is 2.24. The molecular formula is C12H10N2O2. The molecule has 80 valence electrons. The SMILES string of the molecule is O=C1CCc2cn(-c3ccccc3O)nc21. The maximum atomic E-state index is 11.5. The molecule has 0 saturated heterocycles. The van der Waals surface area contributed by atoms with Gasteiger partial charge in [-0.25, -0.2) is 4.68 Å². The number of hydrogen-bond donors (Lipinski definition) is 1. The largest absolute Gasteiger partial charge is 0.506 e. The zero-order chi connectivity index (χ0) is 11.1. The average molecular weight is 214 g/mol. The molecule has 0 bridgehead atoms. The van der Waals surface area contributed by atoms with Crippen molar-refractivity contribution in [3.05, 3.63) is 41.7 Å². The van der Waals surface area contributed by atoms with Crippen LogP contribution in [0.1, 0.15) is 22.5 Å². The number of fused-ring (bicyclic) bond motifs is 1. The Morgan fingerprint density at radius 1 is 1.25 bits per heavy atom. The number of nitrogens with zero attached hydrogens (tertiary/aromatic N) is 2. The van der Waals surface area contributed by atoms with Gasteiger partial charge in [0.25, 0.3) is 0 Å². The van der Waals surface area contributed by atoms with Crippen LogP contribution >= 0.6 is 0 Å². The van der Waals surface area contributed by atoms with E-state index in [9.17, 15) is 9.90 Å². The molecule has 1 aliphatic rings. The van der Waals surface area contributed by atoms with Gasteiger partial charge < -0.3 is 5.11 Å². The second kappa shape index (κ2) is 3.20.